The first-order chi connectivity index (χ1) is 11.1. The summed E-state index contributed by atoms with van der Waals surface area (Å²) in [5.74, 6) is 0.973. The minimum atomic E-state index is 0.292. The quantitative estimate of drug-likeness (QED) is 0.806. The number of aromatic nitrogens is 2. The van der Waals surface area contributed by atoms with Gasteiger partial charge in [0.1, 0.15) is 5.82 Å². The van der Waals surface area contributed by atoms with Crippen LogP contribution in [0.5, 0.6) is 0 Å². The number of nitrogens with one attached hydrogen (secondary N) is 1. The molecule has 1 fully saturated rings. The van der Waals surface area contributed by atoms with Gasteiger partial charge < -0.3 is 11.1 Å². The fourth-order valence-electron chi connectivity index (χ4n) is 2.51. The van der Waals surface area contributed by atoms with Crippen molar-refractivity contribution in [3.05, 3.63) is 54.1 Å². The van der Waals surface area contributed by atoms with Crippen LogP contribution < -0.4 is 11.1 Å². The summed E-state index contributed by atoms with van der Waals surface area (Å²) in [6, 6.07) is 6.53. The summed E-state index contributed by atoms with van der Waals surface area (Å²) >= 11 is 0. The summed E-state index contributed by atoms with van der Waals surface area (Å²) in [7, 11) is 0. The van der Waals surface area contributed by atoms with E-state index >= 15 is 0 Å². The van der Waals surface area contributed by atoms with E-state index in [1.54, 1.807) is 6.21 Å². The van der Waals surface area contributed by atoms with Gasteiger partial charge in [0.2, 0.25) is 0 Å². The highest BCUT2D eigenvalue weighted by molar-refractivity contribution is 5.89. The van der Waals surface area contributed by atoms with Crippen molar-refractivity contribution in [1.29, 1.82) is 0 Å². The molecule has 1 aliphatic rings. The van der Waals surface area contributed by atoms with E-state index in [0.717, 1.165) is 16.8 Å². The molecule has 0 atom stereocenters. The van der Waals surface area contributed by atoms with E-state index < -0.39 is 0 Å². The Bertz CT molecular complexity index is 778. The molecular formula is C18H23N5. The maximum atomic E-state index is 6.31. The SMILES string of the molecule is C=C(/N=C\C=C(/N)c1c(C(C)C)nn2ccccc12)NC1CC1. The largest absolute Gasteiger partial charge is 0.398 e. The van der Waals surface area contributed by atoms with Crippen LogP contribution in [0, 0.1) is 0 Å². The van der Waals surface area contributed by atoms with Gasteiger partial charge in [0.25, 0.3) is 0 Å². The van der Waals surface area contributed by atoms with Crippen molar-refractivity contribution in [2.75, 3.05) is 0 Å². The number of allylic oxidation sites excluding steroid dienone is 1. The van der Waals surface area contributed by atoms with Gasteiger partial charge in [-0.05, 0) is 37.0 Å². The first kappa shape index (κ1) is 15.3. The fraction of sp³-hybridized carbons (Fsp3) is 0.333. The fourth-order valence-corrected chi connectivity index (χ4v) is 2.51. The van der Waals surface area contributed by atoms with Crippen molar-refractivity contribution in [2.24, 2.45) is 10.7 Å². The number of nitrogens with zero attached hydrogens (tertiary/aromatic N) is 3. The van der Waals surface area contributed by atoms with Crippen LogP contribution in [-0.4, -0.2) is 21.9 Å². The molecule has 0 radical (unpaired) electrons. The Kier molecular flexibility index (Phi) is 4.19. The van der Waals surface area contributed by atoms with Gasteiger partial charge in [-0.3, -0.25) is 0 Å². The molecule has 0 saturated heterocycles. The Hall–Kier alpha value is -2.56. The van der Waals surface area contributed by atoms with Gasteiger partial charge in [-0.1, -0.05) is 26.5 Å². The molecule has 1 saturated carbocycles. The highest BCUT2D eigenvalue weighted by atomic mass is 15.2. The Morgan fingerprint density at radius 2 is 2.26 bits per heavy atom. The van der Waals surface area contributed by atoms with Crippen molar-refractivity contribution >= 4 is 17.4 Å². The lowest BCUT2D eigenvalue weighted by Crippen LogP contribution is -2.12. The van der Waals surface area contributed by atoms with E-state index in [1.807, 2.05) is 35.0 Å². The van der Waals surface area contributed by atoms with Gasteiger partial charge in [-0.25, -0.2) is 9.51 Å². The van der Waals surface area contributed by atoms with E-state index in [0.29, 0.717) is 23.5 Å². The van der Waals surface area contributed by atoms with E-state index in [4.69, 9.17) is 5.73 Å². The second kappa shape index (κ2) is 6.28. The Balaban J connectivity index is 1.88. The molecule has 0 bridgehead atoms. The molecule has 0 aromatic carbocycles. The Morgan fingerprint density at radius 3 is 2.96 bits per heavy atom. The Labute approximate surface area is 136 Å². The lowest BCUT2D eigenvalue weighted by molar-refractivity contribution is 0.786. The molecule has 3 rings (SSSR count). The zero-order valence-electron chi connectivity index (χ0n) is 13.7. The zero-order chi connectivity index (χ0) is 16.4. The monoisotopic (exact) mass is 309 g/mol. The van der Waals surface area contributed by atoms with Crippen LogP contribution in [0.2, 0.25) is 0 Å². The minimum absolute atomic E-state index is 0.292. The van der Waals surface area contributed by atoms with Gasteiger partial charge >= 0.3 is 0 Å². The van der Waals surface area contributed by atoms with Crippen molar-refractivity contribution in [1.82, 2.24) is 14.9 Å². The van der Waals surface area contributed by atoms with Crippen molar-refractivity contribution in [2.45, 2.75) is 38.6 Å². The van der Waals surface area contributed by atoms with Crippen LogP contribution in [0.25, 0.3) is 11.2 Å². The smallest absolute Gasteiger partial charge is 0.118 e. The number of rotatable bonds is 6. The van der Waals surface area contributed by atoms with Crippen LogP contribution in [0.4, 0.5) is 0 Å². The standard InChI is InChI=1S/C18H23N5/c1-12(2)18-17(16-6-4-5-11-23(16)22-18)15(19)9-10-20-13(3)21-14-7-8-14/h4-6,9-12,14,21H,3,7-8,19H2,1-2H3/b15-9-,20-10-. The topological polar surface area (TPSA) is 67.7 Å². The molecule has 3 N–H and O–H groups in total. The maximum absolute atomic E-state index is 6.31. The molecule has 2 heterocycles. The van der Waals surface area contributed by atoms with Crippen LogP contribution in [-0.2, 0) is 0 Å². The molecule has 0 aliphatic heterocycles. The van der Waals surface area contributed by atoms with E-state index in [-0.39, 0.29) is 0 Å². The summed E-state index contributed by atoms with van der Waals surface area (Å²) in [6.07, 6.45) is 7.85. The molecule has 23 heavy (non-hydrogen) atoms. The number of pyridine rings is 1. The predicted molar refractivity (Wildman–Crippen MR) is 95.2 cm³/mol. The predicted octanol–water partition coefficient (Wildman–Crippen LogP) is 3.05. The van der Waals surface area contributed by atoms with Crippen LogP contribution in [0.1, 0.15) is 43.9 Å². The Morgan fingerprint density at radius 1 is 1.48 bits per heavy atom. The lowest BCUT2D eigenvalue weighted by Gasteiger charge is -2.05. The summed E-state index contributed by atoms with van der Waals surface area (Å²) in [6.45, 7) is 8.13. The summed E-state index contributed by atoms with van der Waals surface area (Å²) in [4.78, 5) is 4.29. The number of fused-ring (bicyclic) bond motifs is 1. The van der Waals surface area contributed by atoms with Crippen LogP contribution in [0.15, 0.2) is 47.9 Å². The minimum Gasteiger partial charge on any atom is -0.398 e. The number of aliphatic imine (C=N–C) groups is 1. The van der Waals surface area contributed by atoms with Gasteiger partial charge in [0.05, 0.1) is 11.2 Å². The number of nitrogens with two attached hydrogens (primary N) is 1. The molecule has 0 unspecified atom stereocenters. The molecule has 0 amide bonds. The van der Waals surface area contributed by atoms with Gasteiger partial charge in [-0.2, -0.15) is 5.10 Å². The molecule has 0 spiro atoms. The first-order valence-electron chi connectivity index (χ1n) is 7.99. The maximum Gasteiger partial charge on any atom is 0.118 e. The highest BCUT2D eigenvalue weighted by Crippen LogP contribution is 2.26. The number of hydrogen-bond acceptors (Lipinski definition) is 4. The van der Waals surface area contributed by atoms with Gasteiger partial charge in [-0.15, -0.1) is 0 Å². The highest BCUT2D eigenvalue weighted by Gasteiger charge is 2.20. The van der Waals surface area contributed by atoms with E-state index in [1.165, 1.54) is 12.8 Å². The second-order valence-corrected chi connectivity index (χ2v) is 6.21. The van der Waals surface area contributed by atoms with Crippen LogP contribution >= 0.6 is 0 Å². The second-order valence-electron chi connectivity index (χ2n) is 6.21. The molecule has 120 valence electrons. The van der Waals surface area contributed by atoms with Gasteiger partial charge in [0, 0.05) is 29.7 Å². The molecular weight excluding hydrogens is 286 g/mol. The molecule has 2 aromatic rings. The van der Waals surface area contributed by atoms with Crippen molar-refractivity contribution < 1.29 is 0 Å². The van der Waals surface area contributed by atoms with E-state index in [9.17, 15) is 0 Å². The summed E-state index contributed by atoms with van der Waals surface area (Å²) < 4.78 is 1.87. The summed E-state index contributed by atoms with van der Waals surface area (Å²) in [5, 5.41) is 7.89. The summed E-state index contributed by atoms with van der Waals surface area (Å²) in [5.41, 5.74) is 9.96. The molecule has 1 aliphatic carbocycles. The molecule has 2 aromatic heterocycles. The third kappa shape index (κ3) is 3.44. The van der Waals surface area contributed by atoms with Crippen LogP contribution in [0.3, 0.4) is 0 Å². The molecule has 5 heteroatoms. The third-order valence-corrected chi connectivity index (χ3v) is 3.84. The van der Waals surface area contributed by atoms with E-state index in [2.05, 4.69) is 35.8 Å². The van der Waals surface area contributed by atoms with Crippen molar-refractivity contribution in [3.63, 3.8) is 0 Å². The average molecular weight is 309 g/mol. The van der Waals surface area contributed by atoms with Gasteiger partial charge in [0.15, 0.2) is 0 Å². The third-order valence-electron chi connectivity index (χ3n) is 3.84. The normalized spacial score (nSPS) is 15.7. The van der Waals surface area contributed by atoms with Crippen molar-refractivity contribution in [3.8, 4) is 0 Å². The first-order valence-corrected chi connectivity index (χ1v) is 7.99. The average Bonchev–Trinajstić information content (AvgIpc) is 3.23. The molecule has 5 nitrogen and oxygen atoms in total. The number of hydrogen-bond donors (Lipinski definition) is 2. The zero-order valence-corrected chi connectivity index (χ0v) is 13.7. The lowest BCUT2D eigenvalue weighted by atomic mass is 10.0.